The van der Waals surface area contributed by atoms with Crippen molar-refractivity contribution in [1.82, 2.24) is 4.90 Å². The number of rotatable bonds is 3. The number of aryl methyl sites for hydroxylation is 1. The molecule has 0 N–H and O–H groups in total. The molecule has 0 radical (unpaired) electrons. The summed E-state index contributed by atoms with van der Waals surface area (Å²) in [6.45, 7) is 2.29. The molecule has 3 aliphatic carbocycles. The van der Waals surface area contributed by atoms with Crippen molar-refractivity contribution in [3.05, 3.63) is 53.4 Å². The smallest absolute Gasteiger partial charge is 0.337 e. The Morgan fingerprint density at radius 3 is 2.84 bits per heavy atom. The van der Waals surface area contributed by atoms with Crippen molar-refractivity contribution in [2.75, 3.05) is 14.2 Å². The quantitative estimate of drug-likeness (QED) is 0.487. The van der Waals surface area contributed by atoms with Gasteiger partial charge in [0, 0.05) is 25.1 Å². The van der Waals surface area contributed by atoms with Crippen LogP contribution in [0.1, 0.15) is 62.5 Å². The highest BCUT2D eigenvalue weighted by atomic mass is 16.6. The molecule has 1 aromatic carbocycles. The molecule has 2 saturated carbocycles. The van der Waals surface area contributed by atoms with E-state index in [0.717, 1.165) is 37.9 Å². The summed E-state index contributed by atoms with van der Waals surface area (Å²) < 4.78 is 11.7. The highest BCUT2D eigenvalue weighted by molar-refractivity contribution is 5.89. The van der Waals surface area contributed by atoms with Crippen molar-refractivity contribution in [2.24, 2.45) is 17.3 Å². The van der Waals surface area contributed by atoms with E-state index >= 15 is 0 Å². The maximum atomic E-state index is 13.1. The third-order valence-corrected chi connectivity index (χ3v) is 8.85. The van der Waals surface area contributed by atoms with Gasteiger partial charge in [-0.25, -0.2) is 4.79 Å². The number of methoxy groups -OCH3 is 1. The molecule has 1 aliphatic heterocycles. The van der Waals surface area contributed by atoms with Crippen LogP contribution in [-0.2, 0) is 16.0 Å². The zero-order valence-electron chi connectivity index (χ0n) is 19.4. The van der Waals surface area contributed by atoms with Crippen LogP contribution in [0.15, 0.2) is 42.2 Å². The molecule has 2 fully saturated rings. The average molecular weight is 432 g/mol. The van der Waals surface area contributed by atoms with Gasteiger partial charge in [-0.2, -0.15) is 0 Å². The summed E-state index contributed by atoms with van der Waals surface area (Å²) >= 11 is 0. The van der Waals surface area contributed by atoms with Crippen LogP contribution in [0.4, 0.5) is 0 Å². The van der Waals surface area contributed by atoms with E-state index in [1.807, 2.05) is 30.4 Å². The Hall–Kier alpha value is -2.67. The Morgan fingerprint density at radius 2 is 2.09 bits per heavy atom. The van der Waals surface area contributed by atoms with Gasteiger partial charge in [-0.1, -0.05) is 25.0 Å². The predicted molar refractivity (Wildman–Crippen MR) is 125 cm³/mol. The largest absolute Gasteiger partial charge is 0.497 e. The van der Waals surface area contributed by atoms with E-state index in [-0.39, 0.29) is 11.4 Å². The lowest BCUT2D eigenvalue weighted by molar-refractivity contribution is -0.163. The minimum absolute atomic E-state index is 0.181. The maximum absolute atomic E-state index is 13.1. The van der Waals surface area contributed by atoms with Gasteiger partial charge in [0.2, 0.25) is 0 Å². The monoisotopic (exact) mass is 431 g/mol. The van der Waals surface area contributed by atoms with Crippen LogP contribution in [0.2, 0.25) is 0 Å². The highest BCUT2D eigenvalue weighted by Gasteiger charge is 2.63. The third-order valence-electron chi connectivity index (χ3n) is 8.85. The molecule has 4 nitrogen and oxygen atoms in total. The van der Waals surface area contributed by atoms with Crippen LogP contribution < -0.4 is 4.74 Å². The lowest BCUT2D eigenvalue weighted by Crippen LogP contribution is -2.52. The average Bonchev–Trinajstić information content (AvgIpc) is 3.10. The van der Waals surface area contributed by atoms with Gasteiger partial charge in [0.1, 0.15) is 5.75 Å². The van der Waals surface area contributed by atoms with Crippen LogP contribution in [0, 0.1) is 29.6 Å². The SMILES string of the molecule is C#C[C@]1(OC(=O)C2=CN(C)C=CC2)CCC2C3CCc4cc(OC)ccc4C3CCC21C. The van der Waals surface area contributed by atoms with Gasteiger partial charge in [-0.05, 0) is 85.7 Å². The fourth-order valence-corrected chi connectivity index (χ4v) is 7.17. The maximum Gasteiger partial charge on any atom is 0.337 e. The number of esters is 1. The molecule has 0 bridgehead atoms. The van der Waals surface area contributed by atoms with Gasteiger partial charge in [-0.15, -0.1) is 6.42 Å². The molecule has 0 amide bonds. The molecule has 5 rings (SSSR count). The molecular weight excluding hydrogens is 398 g/mol. The van der Waals surface area contributed by atoms with Gasteiger partial charge >= 0.3 is 5.97 Å². The number of fused-ring (bicyclic) bond motifs is 5. The van der Waals surface area contributed by atoms with Crippen molar-refractivity contribution in [1.29, 1.82) is 0 Å². The summed E-state index contributed by atoms with van der Waals surface area (Å²) in [6.07, 6.45) is 18.6. The lowest BCUT2D eigenvalue weighted by atomic mass is 9.53. The molecule has 0 saturated heterocycles. The van der Waals surface area contributed by atoms with Crippen molar-refractivity contribution < 1.29 is 14.3 Å². The minimum Gasteiger partial charge on any atom is -0.497 e. The highest BCUT2D eigenvalue weighted by Crippen LogP contribution is 2.65. The number of allylic oxidation sites excluding steroid dienone is 1. The van der Waals surface area contributed by atoms with E-state index in [2.05, 4.69) is 31.0 Å². The predicted octanol–water partition coefficient (Wildman–Crippen LogP) is 5.20. The number of ether oxygens (including phenoxy) is 2. The molecule has 168 valence electrons. The molecule has 4 aliphatic rings. The number of hydrogen-bond donors (Lipinski definition) is 0. The Labute approximate surface area is 191 Å². The van der Waals surface area contributed by atoms with Crippen LogP contribution in [0.25, 0.3) is 0 Å². The summed E-state index contributed by atoms with van der Waals surface area (Å²) in [5.74, 6) is 5.32. The summed E-state index contributed by atoms with van der Waals surface area (Å²) in [4.78, 5) is 15.0. The van der Waals surface area contributed by atoms with Crippen molar-refractivity contribution in [2.45, 2.75) is 63.4 Å². The zero-order valence-corrected chi connectivity index (χ0v) is 19.4. The van der Waals surface area contributed by atoms with Crippen molar-refractivity contribution in [3.8, 4) is 18.1 Å². The lowest BCUT2D eigenvalue weighted by Gasteiger charge is -2.52. The second-order valence-corrected chi connectivity index (χ2v) is 10.2. The molecule has 0 aromatic heterocycles. The molecule has 4 heteroatoms. The fraction of sp³-hybridized carbons (Fsp3) is 0.536. The molecule has 1 aromatic rings. The van der Waals surface area contributed by atoms with Gasteiger partial charge < -0.3 is 14.4 Å². The summed E-state index contributed by atoms with van der Waals surface area (Å²) in [6, 6.07) is 6.59. The van der Waals surface area contributed by atoms with Gasteiger partial charge in [0.15, 0.2) is 5.60 Å². The third kappa shape index (κ3) is 3.09. The Morgan fingerprint density at radius 1 is 1.25 bits per heavy atom. The first-order valence-electron chi connectivity index (χ1n) is 11.9. The van der Waals surface area contributed by atoms with E-state index in [1.54, 1.807) is 7.11 Å². The molecule has 0 spiro atoms. The van der Waals surface area contributed by atoms with Crippen LogP contribution in [0.5, 0.6) is 5.75 Å². The van der Waals surface area contributed by atoms with Gasteiger partial charge in [0.25, 0.3) is 0 Å². The van der Waals surface area contributed by atoms with Crippen molar-refractivity contribution in [3.63, 3.8) is 0 Å². The molecule has 32 heavy (non-hydrogen) atoms. The second kappa shape index (κ2) is 7.73. The number of carbonyl (C=O) groups excluding carboxylic acids is 1. The molecule has 5 atom stereocenters. The standard InChI is InChI=1S/C28H33NO3/c1-5-28(32-26(30)20-7-6-16-29(3)18-20)15-13-25-24-10-8-19-17-21(31-4)9-11-22(19)23(24)12-14-27(25,28)2/h1,6,9,11,16-18,23-25H,7-8,10,12-15H2,2-4H3/t23?,24?,25?,27?,28-/m0/s1. The summed E-state index contributed by atoms with van der Waals surface area (Å²) in [7, 11) is 3.65. The van der Waals surface area contributed by atoms with E-state index in [1.165, 1.54) is 17.5 Å². The molecule has 1 heterocycles. The van der Waals surface area contributed by atoms with Gasteiger partial charge in [-0.3, -0.25) is 0 Å². The Balaban J connectivity index is 1.41. The topological polar surface area (TPSA) is 38.8 Å². The van der Waals surface area contributed by atoms with Crippen LogP contribution >= 0.6 is 0 Å². The van der Waals surface area contributed by atoms with E-state index in [9.17, 15) is 4.79 Å². The Kier molecular flexibility index (Phi) is 5.12. The number of hydrogen-bond acceptors (Lipinski definition) is 4. The number of terminal acetylenes is 1. The Bertz CT molecular complexity index is 1030. The zero-order chi connectivity index (χ0) is 22.5. The first-order valence-corrected chi connectivity index (χ1v) is 11.9. The van der Waals surface area contributed by atoms with Crippen molar-refractivity contribution >= 4 is 5.97 Å². The fourth-order valence-electron chi connectivity index (χ4n) is 7.17. The first kappa shape index (κ1) is 21.2. The minimum atomic E-state index is -0.819. The van der Waals surface area contributed by atoms with E-state index < -0.39 is 5.60 Å². The second-order valence-electron chi connectivity index (χ2n) is 10.2. The van der Waals surface area contributed by atoms with E-state index in [4.69, 9.17) is 15.9 Å². The number of carbonyl (C=O) groups is 1. The molecule has 4 unspecified atom stereocenters. The summed E-state index contributed by atoms with van der Waals surface area (Å²) in [5.41, 5.74) is 2.59. The number of benzene rings is 1. The van der Waals surface area contributed by atoms with Crippen LogP contribution in [-0.4, -0.2) is 30.6 Å². The first-order chi connectivity index (χ1) is 15.4. The van der Waals surface area contributed by atoms with Gasteiger partial charge in [0.05, 0.1) is 12.7 Å². The summed E-state index contributed by atoms with van der Waals surface area (Å²) in [5, 5.41) is 0. The van der Waals surface area contributed by atoms with E-state index in [0.29, 0.717) is 29.7 Å². The number of nitrogens with zero attached hydrogens (tertiary/aromatic N) is 1. The normalized spacial score (nSPS) is 35.1. The molecular formula is C28H33NO3. The van der Waals surface area contributed by atoms with Crippen LogP contribution in [0.3, 0.4) is 0 Å².